The second-order valence-electron chi connectivity index (χ2n) is 2.22. The fraction of sp³-hybridized carbons (Fsp3) is 0.500. The molecular formula is C8H13NO. The molecular weight excluding hydrogens is 126 g/mol. The molecule has 2 nitrogen and oxygen atoms in total. The van der Waals surface area contributed by atoms with Crippen LogP contribution in [0.3, 0.4) is 0 Å². The minimum atomic E-state index is 0.588. The van der Waals surface area contributed by atoms with Crippen molar-refractivity contribution >= 4 is 0 Å². The number of hydrogen-bond acceptors (Lipinski definition) is 2. The Balaban J connectivity index is 2.26. The lowest BCUT2D eigenvalue weighted by molar-refractivity contribution is 0.231. The molecule has 10 heavy (non-hydrogen) atoms. The van der Waals surface area contributed by atoms with Crippen LogP contribution in [0.25, 0.3) is 0 Å². The maximum Gasteiger partial charge on any atom is 0.115 e. The number of hydrogen-bond donors (Lipinski definition) is 1. The molecule has 56 valence electrons. The van der Waals surface area contributed by atoms with E-state index in [2.05, 4.69) is 12.2 Å². The van der Waals surface area contributed by atoms with Gasteiger partial charge in [0.25, 0.3) is 0 Å². The molecule has 0 saturated carbocycles. The number of ether oxygens (including phenoxy) is 1. The van der Waals surface area contributed by atoms with Gasteiger partial charge in [0.15, 0.2) is 0 Å². The molecule has 1 aliphatic carbocycles. The highest BCUT2D eigenvalue weighted by Crippen LogP contribution is 2.09. The van der Waals surface area contributed by atoms with Crippen molar-refractivity contribution in [2.75, 3.05) is 13.2 Å². The Kier molecular flexibility index (Phi) is 3.03. The van der Waals surface area contributed by atoms with Crippen LogP contribution in [-0.4, -0.2) is 13.2 Å². The third-order valence-electron chi connectivity index (χ3n) is 1.35. The molecule has 0 fully saturated rings. The first kappa shape index (κ1) is 7.35. The quantitative estimate of drug-likeness (QED) is 0.637. The van der Waals surface area contributed by atoms with Gasteiger partial charge in [0, 0.05) is 6.54 Å². The summed E-state index contributed by atoms with van der Waals surface area (Å²) in [6, 6.07) is 0. The molecule has 0 bridgehead atoms. The topological polar surface area (TPSA) is 35.2 Å². The second-order valence-corrected chi connectivity index (χ2v) is 2.22. The van der Waals surface area contributed by atoms with Crippen LogP contribution < -0.4 is 5.73 Å². The van der Waals surface area contributed by atoms with Crippen LogP contribution in [0.1, 0.15) is 12.8 Å². The average molecular weight is 139 g/mol. The molecule has 2 heteroatoms. The molecule has 0 atom stereocenters. The van der Waals surface area contributed by atoms with Crippen molar-refractivity contribution in [3.63, 3.8) is 0 Å². The van der Waals surface area contributed by atoms with E-state index >= 15 is 0 Å². The van der Waals surface area contributed by atoms with E-state index in [-0.39, 0.29) is 0 Å². The van der Waals surface area contributed by atoms with E-state index < -0.39 is 0 Å². The van der Waals surface area contributed by atoms with Crippen LogP contribution >= 0.6 is 0 Å². The zero-order valence-corrected chi connectivity index (χ0v) is 6.05. The fourth-order valence-electron chi connectivity index (χ4n) is 0.873. The van der Waals surface area contributed by atoms with E-state index in [0.717, 1.165) is 18.6 Å². The van der Waals surface area contributed by atoms with Crippen molar-refractivity contribution in [2.45, 2.75) is 12.8 Å². The van der Waals surface area contributed by atoms with Gasteiger partial charge in [-0.2, -0.15) is 0 Å². The van der Waals surface area contributed by atoms with E-state index in [1.807, 2.05) is 6.08 Å². The molecule has 0 aromatic carbocycles. The van der Waals surface area contributed by atoms with Crippen molar-refractivity contribution in [1.29, 1.82) is 0 Å². The standard InChI is InChI=1S/C8H13NO/c9-6-7-10-8-4-2-1-3-5-8/h2,4-5H,1,3,6-7,9H2. The third kappa shape index (κ3) is 2.23. The predicted octanol–water partition coefficient (Wildman–Crippen LogP) is 1.20. The Hall–Kier alpha value is -0.760. The molecule has 0 saturated heterocycles. The van der Waals surface area contributed by atoms with Crippen LogP contribution in [0, 0.1) is 0 Å². The summed E-state index contributed by atoms with van der Waals surface area (Å²) in [5.41, 5.74) is 5.27. The van der Waals surface area contributed by atoms with Crippen molar-refractivity contribution in [3.05, 3.63) is 24.0 Å². The molecule has 0 spiro atoms. The minimum absolute atomic E-state index is 0.588. The first-order valence-corrected chi connectivity index (χ1v) is 3.63. The van der Waals surface area contributed by atoms with Crippen LogP contribution in [0.4, 0.5) is 0 Å². The molecule has 0 radical (unpaired) electrons. The first-order valence-electron chi connectivity index (χ1n) is 3.63. The van der Waals surface area contributed by atoms with Crippen LogP contribution in [0.15, 0.2) is 24.0 Å². The molecule has 1 aliphatic rings. The van der Waals surface area contributed by atoms with Crippen molar-refractivity contribution in [3.8, 4) is 0 Å². The minimum Gasteiger partial charge on any atom is -0.493 e. The summed E-state index contributed by atoms with van der Waals surface area (Å²) in [6.07, 6.45) is 8.44. The summed E-state index contributed by atoms with van der Waals surface area (Å²) in [6.45, 7) is 1.21. The van der Waals surface area contributed by atoms with E-state index in [0.29, 0.717) is 13.2 Å². The zero-order chi connectivity index (χ0) is 7.23. The van der Waals surface area contributed by atoms with Crippen molar-refractivity contribution in [1.82, 2.24) is 0 Å². The van der Waals surface area contributed by atoms with Gasteiger partial charge in [-0.1, -0.05) is 6.08 Å². The summed E-state index contributed by atoms with van der Waals surface area (Å²) in [5, 5.41) is 0. The van der Waals surface area contributed by atoms with Crippen LogP contribution in [-0.2, 0) is 4.74 Å². The molecule has 0 aliphatic heterocycles. The highest BCUT2D eigenvalue weighted by atomic mass is 16.5. The maximum atomic E-state index is 5.28. The van der Waals surface area contributed by atoms with E-state index in [9.17, 15) is 0 Å². The maximum absolute atomic E-state index is 5.28. The number of nitrogens with two attached hydrogens (primary N) is 1. The van der Waals surface area contributed by atoms with Crippen molar-refractivity contribution < 1.29 is 4.74 Å². The van der Waals surface area contributed by atoms with Gasteiger partial charge >= 0.3 is 0 Å². The van der Waals surface area contributed by atoms with Gasteiger partial charge in [0.05, 0.1) is 0 Å². The Morgan fingerprint density at radius 2 is 2.40 bits per heavy atom. The second kappa shape index (κ2) is 4.12. The highest BCUT2D eigenvalue weighted by Gasteiger charge is 1.95. The Bertz CT molecular complexity index is 149. The van der Waals surface area contributed by atoms with Gasteiger partial charge in [-0.15, -0.1) is 0 Å². The van der Waals surface area contributed by atoms with Gasteiger partial charge in [-0.3, -0.25) is 0 Å². The lowest BCUT2D eigenvalue weighted by Crippen LogP contribution is -2.07. The molecule has 0 amide bonds. The monoisotopic (exact) mass is 139 g/mol. The summed E-state index contributed by atoms with van der Waals surface area (Å²) >= 11 is 0. The summed E-state index contributed by atoms with van der Waals surface area (Å²) in [5.74, 6) is 0.969. The summed E-state index contributed by atoms with van der Waals surface area (Å²) in [4.78, 5) is 0. The Morgan fingerprint density at radius 1 is 1.50 bits per heavy atom. The molecule has 0 heterocycles. The van der Waals surface area contributed by atoms with Gasteiger partial charge in [0.2, 0.25) is 0 Å². The summed E-state index contributed by atoms with van der Waals surface area (Å²) in [7, 11) is 0. The molecule has 0 aromatic rings. The molecule has 1 rings (SSSR count). The predicted molar refractivity (Wildman–Crippen MR) is 41.5 cm³/mol. The summed E-state index contributed by atoms with van der Waals surface area (Å²) < 4.78 is 5.28. The highest BCUT2D eigenvalue weighted by molar-refractivity contribution is 5.15. The lowest BCUT2D eigenvalue weighted by Gasteiger charge is -2.07. The number of rotatable bonds is 3. The lowest BCUT2D eigenvalue weighted by atomic mass is 10.2. The molecule has 0 aromatic heterocycles. The molecule has 0 unspecified atom stereocenters. The van der Waals surface area contributed by atoms with Gasteiger partial charge in [-0.05, 0) is 25.0 Å². The average Bonchev–Trinajstić information content (AvgIpc) is 2.03. The van der Waals surface area contributed by atoms with E-state index in [1.54, 1.807) is 0 Å². The van der Waals surface area contributed by atoms with Crippen molar-refractivity contribution in [2.24, 2.45) is 5.73 Å². The largest absolute Gasteiger partial charge is 0.493 e. The smallest absolute Gasteiger partial charge is 0.115 e. The van der Waals surface area contributed by atoms with Crippen LogP contribution in [0.2, 0.25) is 0 Å². The number of allylic oxidation sites excluding steroid dienone is 3. The van der Waals surface area contributed by atoms with Crippen LogP contribution in [0.5, 0.6) is 0 Å². The van der Waals surface area contributed by atoms with E-state index in [4.69, 9.17) is 10.5 Å². The first-order chi connectivity index (χ1) is 4.93. The normalized spacial score (nSPS) is 16.7. The fourth-order valence-corrected chi connectivity index (χ4v) is 0.873. The Morgan fingerprint density at radius 3 is 3.00 bits per heavy atom. The molecule has 2 N–H and O–H groups in total. The third-order valence-corrected chi connectivity index (χ3v) is 1.35. The van der Waals surface area contributed by atoms with Gasteiger partial charge in [-0.25, -0.2) is 0 Å². The zero-order valence-electron chi connectivity index (χ0n) is 6.05. The Labute approximate surface area is 61.4 Å². The van der Waals surface area contributed by atoms with E-state index in [1.165, 1.54) is 0 Å². The SMILES string of the molecule is NCCOC1=CCCC=C1. The van der Waals surface area contributed by atoms with Gasteiger partial charge < -0.3 is 10.5 Å². The van der Waals surface area contributed by atoms with Gasteiger partial charge in [0.1, 0.15) is 12.4 Å².